The summed E-state index contributed by atoms with van der Waals surface area (Å²) in [7, 11) is 0. The molecular formula is C17H16N4O2S. The number of rotatable bonds is 6. The lowest BCUT2D eigenvalue weighted by molar-refractivity contribution is -0.122. The van der Waals surface area contributed by atoms with Gasteiger partial charge in [-0.25, -0.2) is 0 Å². The van der Waals surface area contributed by atoms with Crippen LogP contribution in [0.15, 0.2) is 59.6 Å². The minimum Gasteiger partial charge on any atom is -0.350 e. The number of hydrogen-bond donors (Lipinski definition) is 2. The molecule has 3 rings (SSSR count). The zero-order valence-electron chi connectivity index (χ0n) is 12.8. The summed E-state index contributed by atoms with van der Waals surface area (Å²) in [4.78, 5) is 24.0. The number of amides is 2. The number of hydrogen-bond acceptors (Lipinski definition) is 4. The van der Waals surface area contributed by atoms with E-state index in [1.807, 2.05) is 22.9 Å². The highest BCUT2D eigenvalue weighted by molar-refractivity contribution is 7.07. The largest absolute Gasteiger partial charge is 0.350 e. The number of nitrogens with zero attached hydrogens (tertiary/aromatic N) is 2. The molecule has 2 aromatic heterocycles. The fourth-order valence-corrected chi connectivity index (χ4v) is 2.77. The van der Waals surface area contributed by atoms with Crippen LogP contribution < -0.4 is 10.6 Å². The molecule has 0 bridgehead atoms. The Bertz CT molecular complexity index is 812. The first-order valence-electron chi connectivity index (χ1n) is 7.37. The van der Waals surface area contributed by atoms with Crippen molar-refractivity contribution in [3.8, 4) is 0 Å². The SMILES string of the molecule is O=C(Cn1cc(NC(=O)c2ccccc2)cn1)NCc1ccsc1. The second-order valence-corrected chi connectivity index (χ2v) is 5.94. The number of thiophene rings is 1. The van der Waals surface area contributed by atoms with Gasteiger partial charge in [-0.15, -0.1) is 0 Å². The molecule has 122 valence electrons. The van der Waals surface area contributed by atoms with Crippen molar-refractivity contribution in [3.05, 3.63) is 70.7 Å². The van der Waals surface area contributed by atoms with Crippen LogP contribution >= 0.6 is 11.3 Å². The first-order valence-corrected chi connectivity index (χ1v) is 8.31. The van der Waals surface area contributed by atoms with Crippen LogP contribution in [0.2, 0.25) is 0 Å². The molecule has 0 unspecified atom stereocenters. The maximum absolute atomic E-state index is 12.1. The summed E-state index contributed by atoms with van der Waals surface area (Å²) < 4.78 is 1.49. The van der Waals surface area contributed by atoms with Gasteiger partial charge in [0.05, 0.1) is 11.9 Å². The van der Waals surface area contributed by atoms with E-state index < -0.39 is 0 Å². The number of nitrogens with one attached hydrogen (secondary N) is 2. The van der Waals surface area contributed by atoms with Gasteiger partial charge in [0, 0.05) is 18.3 Å². The first-order chi connectivity index (χ1) is 11.7. The van der Waals surface area contributed by atoms with Gasteiger partial charge in [0.25, 0.3) is 5.91 Å². The predicted octanol–water partition coefficient (Wildman–Crippen LogP) is 2.51. The van der Waals surface area contributed by atoms with Gasteiger partial charge in [0.15, 0.2) is 0 Å². The highest BCUT2D eigenvalue weighted by Gasteiger charge is 2.08. The van der Waals surface area contributed by atoms with Gasteiger partial charge in [-0.3, -0.25) is 14.3 Å². The normalized spacial score (nSPS) is 10.3. The fourth-order valence-electron chi connectivity index (χ4n) is 2.10. The van der Waals surface area contributed by atoms with Crippen LogP contribution in [0.25, 0.3) is 0 Å². The topological polar surface area (TPSA) is 76.0 Å². The van der Waals surface area contributed by atoms with Crippen LogP contribution in [-0.2, 0) is 17.9 Å². The van der Waals surface area contributed by atoms with Crippen molar-refractivity contribution in [2.75, 3.05) is 5.32 Å². The van der Waals surface area contributed by atoms with Gasteiger partial charge in [0.2, 0.25) is 5.91 Å². The summed E-state index contributed by atoms with van der Waals surface area (Å²) in [5.74, 6) is -0.345. The number of aromatic nitrogens is 2. The minimum atomic E-state index is -0.211. The van der Waals surface area contributed by atoms with Gasteiger partial charge in [0.1, 0.15) is 6.54 Å². The van der Waals surface area contributed by atoms with E-state index >= 15 is 0 Å². The van der Waals surface area contributed by atoms with Crippen LogP contribution in [-0.4, -0.2) is 21.6 Å². The van der Waals surface area contributed by atoms with Crippen molar-refractivity contribution in [1.82, 2.24) is 15.1 Å². The zero-order valence-corrected chi connectivity index (χ0v) is 13.6. The van der Waals surface area contributed by atoms with E-state index in [0.29, 0.717) is 17.8 Å². The maximum atomic E-state index is 12.1. The monoisotopic (exact) mass is 340 g/mol. The van der Waals surface area contributed by atoms with E-state index in [0.717, 1.165) is 5.56 Å². The van der Waals surface area contributed by atoms with E-state index in [2.05, 4.69) is 15.7 Å². The molecule has 0 atom stereocenters. The quantitative estimate of drug-likeness (QED) is 0.724. The molecule has 6 nitrogen and oxygen atoms in total. The standard InChI is InChI=1S/C17H16N4O2S/c22-16(18-8-13-6-7-24-12-13)11-21-10-15(9-19-21)20-17(23)14-4-2-1-3-5-14/h1-7,9-10,12H,8,11H2,(H,18,22)(H,20,23). The summed E-state index contributed by atoms with van der Waals surface area (Å²) in [5, 5.41) is 13.6. The van der Waals surface area contributed by atoms with Crippen molar-refractivity contribution in [2.24, 2.45) is 0 Å². The van der Waals surface area contributed by atoms with E-state index in [-0.39, 0.29) is 18.4 Å². The van der Waals surface area contributed by atoms with Gasteiger partial charge >= 0.3 is 0 Å². The van der Waals surface area contributed by atoms with Crippen LogP contribution in [0.4, 0.5) is 5.69 Å². The Labute approximate surface area is 143 Å². The molecule has 0 spiro atoms. The fraction of sp³-hybridized carbons (Fsp3) is 0.118. The molecule has 1 aromatic carbocycles. The summed E-state index contributed by atoms with van der Waals surface area (Å²) in [6.45, 7) is 0.604. The summed E-state index contributed by atoms with van der Waals surface area (Å²) in [6, 6.07) is 10.9. The summed E-state index contributed by atoms with van der Waals surface area (Å²) in [5.41, 5.74) is 2.19. The molecule has 0 aliphatic rings. The average Bonchev–Trinajstić information content (AvgIpc) is 3.26. The van der Waals surface area contributed by atoms with Gasteiger partial charge < -0.3 is 10.6 Å². The van der Waals surface area contributed by atoms with Crippen molar-refractivity contribution in [3.63, 3.8) is 0 Å². The van der Waals surface area contributed by atoms with Gasteiger partial charge in [-0.2, -0.15) is 16.4 Å². The third kappa shape index (κ3) is 4.30. The van der Waals surface area contributed by atoms with E-state index in [9.17, 15) is 9.59 Å². The Morgan fingerprint density at radius 3 is 2.75 bits per heavy atom. The van der Waals surface area contributed by atoms with Gasteiger partial charge in [-0.05, 0) is 34.5 Å². The molecule has 0 fully saturated rings. The Kier molecular flexibility index (Phi) is 5.02. The van der Waals surface area contributed by atoms with E-state index in [4.69, 9.17) is 0 Å². The van der Waals surface area contributed by atoms with E-state index in [1.54, 1.807) is 41.8 Å². The molecule has 0 radical (unpaired) electrons. The van der Waals surface area contributed by atoms with Gasteiger partial charge in [-0.1, -0.05) is 18.2 Å². The van der Waals surface area contributed by atoms with Crippen molar-refractivity contribution >= 4 is 28.8 Å². The second-order valence-electron chi connectivity index (χ2n) is 5.16. The minimum absolute atomic E-state index is 0.103. The highest BCUT2D eigenvalue weighted by atomic mass is 32.1. The Hall–Kier alpha value is -2.93. The van der Waals surface area contributed by atoms with Crippen LogP contribution in [0, 0.1) is 0 Å². The Morgan fingerprint density at radius 1 is 1.17 bits per heavy atom. The number of anilines is 1. The lowest BCUT2D eigenvalue weighted by Crippen LogP contribution is -2.27. The van der Waals surface area contributed by atoms with E-state index in [1.165, 1.54) is 10.9 Å². The van der Waals surface area contributed by atoms with Crippen LogP contribution in [0.3, 0.4) is 0 Å². The summed E-state index contributed by atoms with van der Waals surface area (Å²) in [6.07, 6.45) is 3.15. The maximum Gasteiger partial charge on any atom is 0.255 e. The molecule has 2 amide bonds. The highest BCUT2D eigenvalue weighted by Crippen LogP contribution is 2.08. The Morgan fingerprint density at radius 2 is 2.00 bits per heavy atom. The zero-order chi connectivity index (χ0) is 16.8. The molecule has 0 aliphatic heterocycles. The molecule has 24 heavy (non-hydrogen) atoms. The molecule has 2 heterocycles. The lowest BCUT2D eigenvalue weighted by atomic mass is 10.2. The molecule has 3 aromatic rings. The number of carbonyl (C=O) groups excluding carboxylic acids is 2. The number of benzene rings is 1. The Balaban J connectivity index is 1.51. The first kappa shape index (κ1) is 15.9. The average molecular weight is 340 g/mol. The third-order valence-corrected chi connectivity index (χ3v) is 4.03. The second kappa shape index (κ2) is 7.56. The molecule has 0 saturated heterocycles. The van der Waals surface area contributed by atoms with Crippen LogP contribution in [0.1, 0.15) is 15.9 Å². The third-order valence-electron chi connectivity index (χ3n) is 3.30. The molecule has 7 heteroatoms. The number of carbonyl (C=O) groups is 2. The molecular weight excluding hydrogens is 324 g/mol. The lowest BCUT2D eigenvalue weighted by Gasteiger charge is -2.04. The van der Waals surface area contributed by atoms with Crippen molar-refractivity contribution in [2.45, 2.75) is 13.1 Å². The smallest absolute Gasteiger partial charge is 0.255 e. The molecule has 0 saturated carbocycles. The van der Waals surface area contributed by atoms with Crippen molar-refractivity contribution < 1.29 is 9.59 Å². The molecule has 0 aliphatic carbocycles. The predicted molar refractivity (Wildman–Crippen MR) is 92.8 cm³/mol. The van der Waals surface area contributed by atoms with Crippen LogP contribution in [0.5, 0.6) is 0 Å². The summed E-state index contributed by atoms with van der Waals surface area (Å²) >= 11 is 1.59. The molecule has 2 N–H and O–H groups in total. The van der Waals surface area contributed by atoms with Crippen molar-refractivity contribution in [1.29, 1.82) is 0 Å².